The number of thiophene rings is 1. The Kier molecular flexibility index (Phi) is 7.10. The smallest absolute Gasteiger partial charge is 0.319 e. The van der Waals surface area contributed by atoms with Crippen molar-refractivity contribution in [3.63, 3.8) is 0 Å². The Morgan fingerprint density at radius 3 is 2.80 bits per heavy atom. The second-order valence-electron chi connectivity index (χ2n) is 13.0. The Labute approximate surface area is 272 Å². The van der Waals surface area contributed by atoms with E-state index in [1.807, 2.05) is 11.0 Å². The van der Waals surface area contributed by atoms with Crippen molar-refractivity contribution in [2.24, 2.45) is 0 Å². The molecule has 6 heterocycles. The number of halogens is 4. The lowest BCUT2D eigenvalue weighted by atomic mass is 9.95. The van der Waals surface area contributed by atoms with Gasteiger partial charge >= 0.3 is 6.01 Å². The van der Waals surface area contributed by atoms with Crippen molar-refractivity contribution in [2.75, 3.05) is 43.4 Å². The van der Waals surface area contributed by atoms with Gasteiger partial charge in [0.2, 0.25) is 0 Å². The molecule has 0 unspecified atom stereocenters. The molecule has 0 aliphatic carbocycles. The maximum atomic E-state index is 17.0. The van der Waals surface area contributed by atoms with E-state index < -0.39 is 17.4 Å². The number of rotatable bonds is 6. The third kappa shape index (κ3) is 4.70. The monoisotopic (exact) mass is 665 g/mol. The Morgan fingerprint density at radius 2 is 2.04 bits per heavy atom. The van der Waals surface area contributed by atoms with E-state index >= 15 is 4.39 Å². The zero-order chi connectivity index (χ0) is 31.8. The standard InChI is InChI=1S/C33H31ClF3N7OS/c34-22-12-20-28(27(37)26(22)19-4-1-5-23-25(19)21(14-38)29(39)46-23)40-31(45-17-33-7-2-10-44(33)11-3-8-33)41-30(20)43-15-18-6-9-32(16-43,42-18)13-24(35)36/h1,4-5,12-13,18,42H,2-3,6-11,15-17,39H2/t18-,32-/m1/s1. The largest absolute Gasteiger partial charge is 0.461 e. The van der Waals surface area contributed by atoms with Gasteiger partial charge in [0.15, 0.2) is 5.82 Å². The minimum absolute atomic E-state index is 0.0115. The molecule has 13 heteroatoms. The van der Waals surface area contributed by atoms with Crippen LogP contribution in [0.15, 0.2) is 36.4 Å². The summed E-state index contributed by atoms with van der Waals surface area (Å²) in [6, 6.07) is 9.10. The molecule has 8 rings (SSSR count). The van der Waals surface area contributed by atoms with Crippen LogP contribution in [0.2, 0.25) is 5.02 Å². The van der Waals surface area contributed by atoms with E-state index in [4.69, 9.17) is 27.1 Å². The minimum Gasteiger partial charge on any atom is -0.461 e. The number of nitriles is 1. The molecule has 238 valence electrons. The highest BCUT2D eigenvalue weighted by Gasteiger charge is 2.46. The third-order valence-corrected chi connectivity index (χ3v) is 11.6. The molecule has 2 atom stereocenters. The van der Waals surface area contributed by atoms with Gasteiger partial charge in [0.05, 0.1) is 21.7 Å². The lowest BCUT2D eigenvalue weighted by molar-refractivity contribution is 0.108. The number of nitrogens with zero attached hydrogens (tertiary/aromatic N) is 5. The first-order chi connectivity index (χ1) is 22.2. The van der Waals surface area contributed by atoms with Crippen LogP contribution >= 0.6 is 22.9 Å². The number of nitrogen functional groups attached to an aromatic ring is 1. The van der Waals surface area contributed by atoms with Crippen LogP contribution in [0.1, 0.15) is 44.1 Å². The van der Waals surface area contributed by atoms with Crippen molar-refractivity contribution < 1.29 is 17.9 Å². The van der Waals surface area contributed by atoms with Gasteiger partial charge in [-0.2, -0.15) is 24.0 Å². The van der Waals surface area contributed by atoms with E-state index in [9.17, 15) is 14.0 Å². The summed E-state index contributed by atoms with van der Waals surface area (Å²) in [5.74, 6) is -0.290. The molecule has 4 saturated heterocycles. The zero-order valence-corrected chi connectivity index (χ0v) is 26.5. The van der Waals surface area contributed by atoms with Crippen molar-refractivity contribution in [3.05, 3.63) is 52.8 Å². The first kappa shape index (κ1) is 29.8. The number of hydrogen-bond acceptors (Lipinski definition) is 9. The number of aromatic nitrogens is 2. The molecule has 4 aliphatic rings. The topological polar surface area (TPSA) is 103 Å². The molecule has 4 fully saturated rings. The normalized spacial score (nSPS) is 23.6. The average molecular weight is 666 g/mol. The molecule has 2 aromatic heterocycles. The van der Waals surface area contributed by atoms with Gasteiger partial charge in [0, 0.05) is 46.2 Å². The first-order valence-corrected chi connectivity index (χ1v) is 16.7. The Balaban J connectivity index is 1.29. The molecule has 0 radical (unpaired) electrons. The SMILES string of the molecule is N#Cc1c(N)sc2cccc(-c3c(Cl)cc4c(N5C[C@H]6CC[C@@](C=C(F)F)(C5)N6)nc(OCC56CCCN5CCC6)nc4c3F)c12. The fourth-order valence-corrected chi connectivity index (χ4v) is 9.54. The van der Waals surface area contributed by atoms with Crippen molar-refractivity contribution in [1.82, 2.24) is 20.2 Å². The van der Waals surface area contributed by atoms with E-state index in [1.165, 1.54) is 11.3 Å². The highest BCUT2D eigenvalue weighted by Crippen LogP contribution is 2.46. The van der Waals surface area contributed by atoms with Crippen molar-refractivity contribution in [2.45, 2.75) is 55.6 Å². The van der Waals surface area contributed by atoms with E-state index in [0.29, 0.717) is 46.7 Å². The number of nitrogens with one attached hydrogen (secondary N) is 1. The molecule has 4 aromatic rings. The summed E-state index contributed by atoms with van der Waals surface area (Å²) >= 11 is 8.14. The molecule has 46 heavy (non-hydrogen) atoms. The minimum atomic E-state index is -1.75. The van der Waals surface area contributed by atoms with Gasteiger partial charge < -0.3 is 20.7 Å². The van der Waals surface area contributed by atoms with Gasteiger partial charge in [-0.3, -0.25) is 4.90 Å². The summed E-state index contributed by atoms with van der Waals surface area (Å²) in [5, 5.41) is 14.6. The summed E-state index contributed by atoms with van der Waals surface area (Å²) in [4.78, 5) is 13.8. The predicted molar refractivity (Wildman–Crippen MR) is 174 cm³/mol. The number of benzene rings is 2. The number of hydrogen-bond donors (Lipinski definition) is 2. The highest BCUT2D eigenvalue weighted by atomic mass is 35.5. The highest BCUT2D eigenvalue weighted by molar-refractivity contribution is 7.23. The van der Waals surface area contributed by atoms with Gasteiger partial charge in [-0.25, -0.2) is 4.39 Å². The van der Waals surface area contributed by atoms with Gasteiger partial charge in [0.25, 0.3) is 6.08 Å². The lowest BCUT2D eigenvalue weighted by Gasteiger charge is -2.40. The number of piperazine rings is 1. The predicted octanol–water partition coefficient (Wildman–Crippen LogP) is 6.86. The summed E-state index contributed by atoms with van der Waals surface area (Å²) < 4.78 is 51.3. The number of ether oxygens (including phenoxy) is 1. The molecular weight excluding hydrogens is 635 g/mol. The van der Waals surface area contributed by atoms with Crippen molar-refractivity contribution in [1.29, 1.82) is 5.26 Å². The molecule has 0 amide bonds. The summed E-state index contributed by atoms with van der Waals surface area (Å²) in [6.45, 7) is 3.13. The molecule has 2 aromatic carbocycles. The number of anilines is 2. The lowest BCUT2D eigenvalue weighted by Crippen LogP contribution is -2.59. The molecule has 0 saturated carbocycles. The van der Waals surface area contributed by atoms with Crippen molar-refractivity contribution in [3.8, 4) is 23.2 Å². The fourth-order valence-electron chi connectivity index (χ4n) is 8.30. The zero-order valence-electron chi connectivity index (χ0n) is 24.9. The Bertz CT molecular complexity index is 1960. The molecule has 2 bridgehead atoms. The molecule has 4 aliphatic heterocycles. The average Bonchev–Trinajstić information content (AvgIpc) is 3.76. The van der Waals surface area contributed by atoms with Crippen LogP contribution in [0.5, 0.6) is 6.01 Å². The van der Waals surface area contributed by atoms with Crippen LogP contribution in [0, 0.1) is 17.1 Å². The van der Waals surface area contributed by atoms with Crippen LogP contribution in [-0.2, 0) is 0 Å². The van der Waals surface area contributed by atoms with Crippen LogP contribution in [0.3, 0.4) is 0 Å². The van der Waals surface area contributed by atoms with Crippen molar-refractivity contribution >= 4 is 54.7 Å². The molecule has 0 spiro atoms. The second kappa shape index (κ2) is 11.0. The van der Waals surface area contributed by atoms with Gasteiger partial charge in [-0.1, -0.05) is 23.7 Å². The number of nitrogens with two attached hydrogens (primary N) is 1. The second-order valence-corrected chi connectivity index (χ2v) is 14.5. The third-order valence-electron chi connectivity index (χ3n) is 10.3. The fraction of sp³-hybridized carbons (Fsp3) is 0.424. The summed E-state index contributed by atoms with van der Waals surface area (Å²) in [6.07, 6.45) is 4.72. The van der Waals surface area contributed by atoms with Crippen LogP contribution in [0.25, 0.3) is 32.1 Å². The first-order valence-electron chi connectivity index (χ1n) is 15.5. The molecule has 3 N–H and O–H groups in total. The Hall–Kier alpha value is -3.63. The molecule has 8 nitrogen and oxygen atoms in total. The van der Waals surface area contributed by atoms with Crippen LogP contribution in [0.4, 0.5) is 24.0 Å². The Morgan fingerprint density at radius 1 is 1.24 bits per heavy atom. The van der Waals surface area contributed by atoms with Gasteiger partial charge in [-0.05, 0) is 69.3 Å². The molecular formula is C33H31ClF3N7OS. The van der Waals surface area contributed by atoms with E-state index in [1.54, 1.807) is 18.2 Å². The van der Waals surface area contributed by atoms with Crippen LogP contribution < -0.4 is 20.7 Å². The van der Waals surface area contributed by atoms with E-state index in [0.717, 1.165) is 56.0 Å². The quantitative estimate of drug-likeness (QED) is 0.230. The van der Waals surface area contributed by atoms with Gasteiger partial charge in [-0.15, -0.1) is 11.3 Å². The van der Waals surface area contributed by atoms with E-state index in [-0.39, 0.29) is 45.8 Å². The maximum Gasteiger partial charge on any atom is 0.319 e. The number of fused-ring (bicyclic) bond motifs is 5. The van der Waals surface area contributed by atoms with Crippen LogP contribution in [-0.4, -0.2) is 64.8 Å². The summed E-state index contributed by atoms with van der Waals surface area (Å²) in [5.41, 5.74) is 5.94. The van der Waals surface area contributed by atoms with E-state index in [2.05, 4.69) is 21.3 Å². The maximum absolute atomic E-state index is 17.0. The summed E-state index contributed by atoms with van der Waals surface area (Å²) in [7, 11) is 0. The van der Waals surface area contributed by atoms with Gasteiger partial charge in [0.1, 0.15) is 29.0 Å².